The maximum Gasteiger partial charge on any atom is 0.124 e. The van der Waals surface area contributed by atoms with E-state index in [0.29, 0.717) is 18.0 Å². The molecule has 3 rings (SSSR count). The van der Waals surface area contributed by atoms with E-state index in [0.717, 1.165) is 13.0 Å². The van der Waals surface area contributed by atoms with E-state index in [9.17, 15) is 4.79 Å². The van der Waals surface area contributed by atoms with Crippen LogP contribution in [-0.2, 0) is 11.3 Å². The van der Waals surface area contributed by atoms with Crippen molar-refractivity contribution in [1.82, 2.24) is 4.90 Å². The third-order valence-electron chi connectivity index (χ3n) is 5.38. The first-order valence-electron chi connectivity index (χ1n) is 8.19. The minimum atomic E-state index is 0.180. The van der Waals surface area contributed by atoms with E-state index in [2.05, 4.69) is 41.8 Å². The van der Waals surface area contributed by atoms with Crippen LogP contribution in [0.1, 0.15) is 37.7 Å². The van der Waals surface area contributed by atoms with Crippen LogP contribution in [0.2, 0.25) is 0 Å². The van der Waals surface area contributed by atoms with Gasteiger partial charge in [-0.15, -0.1) is 6.58 Å². The molecule has 0 saturated carbocycles. The highest BCUT2D eigenvalue weighted by atomic mass is 16.1. The lowest BCUT2D eigenvalue weighted by atomic mass is 9.80. The van der Waals surface area contributed by atoms with E-state index in [-0.39, 0.29) is 5.92 Å². The average Bonchev–Trinajstić information content (AvgIpc) is 2.82. The number of carbonyl (C=O) groups excluding carboxylic acids is 1. The van der Waals surface area contributed by atoms with Crippen LogP contribution in [0.15, 0.2) is 43.0 Å². The molecule has 0 aromatic heterocycles. The highest BCUT2D eigenvalue weighted by Crippen LogP contribution is 2.41. The van der Waals surface area contributed by atoms with Gasteiger partial charge in [-0.2, -0.15) is 0 Å². The number of fused-ring (bicyclic) bond motifs is 2. The minimum absolute atomic E-state index is 0.180. The minimum Gasteiger partial charge on any atom is -0.303 e. The monoisotopic (exact) mass is 283 g/mol. The molecule has 0 aliphatic carbocycles. The Bertz CT molecular complexity index is 484. The zero-order chi connectivity index (χ0) is 14.7. The summed E-state index contributed by atoms with van der Waals surface area (Å²) < 4.78 is 0. The fourth-order valence-corrected chi connectivity index (χ4v) is 4.33. The van der Waals surface area contributed by atoms with Crippen molar-refractivity contribution in [3.63, 3.8) is 0 Å². The second-order valence-corrected chi connectivity index (χ2v) is 6.53. The van der Waals surface area contributed by atoms with Crippen molar-refractivity contribution in [2.45, 2.75) is 50.7 Å². The maximum atomic E-state index is 11.7. The number of rotatable bonds is 5. The van der Waals surface area contributed by atoms with Gasteiger partial charge in [0.1, 0.15) is 6.29 Å². The Morgan fingerprint density at radius 3 is 2.62 bits per heavy atom. The van der Waals surface area contributed by atoms with Gasteiger partial charge >= 0.3 is 0 Å². The predicted molar refractivity (Wildman–Crippen MR) is 85.9 cm³/mol. The molecule has 2 aliphatic heterocycles. The summed E-state index contributed by atoms with van der Waals surface area (Å²) in [6, 6.07) is 11.8. The summed E-state index contributed by atoms with van der Waals surface area (Å²) >= 11 is 0. The van der Waals surface area contributed by atoms with E-state index in [1.165, 1.54) is 37.5 Å². The van der Waals surface area contributed by atoms with Crippen LogP contribution in [0.4, 0.5) is 0 Å². The number of aldehydes is 1. The van der Waals surface area contributed by atoms with Gasteiger partial charge in [-0.25, -0.2) is 0 Å². The zero-order valence-corrected chi connectivity index (χ0v) is 12.7. The zero-order valence-electron chi connectivity index (χ0n) is 12.7. The summed E-state index contributed by atoms with van der Waals surface area (Å²) in [4.78, 5) is 14.3. The smallest absolute Gasteiger partial charge is 0.124 e. The SMILES string of the molecule is C=CC[C@@H]1CC[C@H]2CC[C@@H]([C@H]1C=O)N2Cc1ccccc1. The number of hydrogen-bond donors (Lipinski definition) is 0. The van der Waals surface area contributed by atoms with Gasteiger partial charge in [0.2, 0.25) is 0 Å². The average molecular weight is 283 g/mol. The van der Waals surface area contributed by atoms with Crippen molar-refractivity contribution in [2.24, 2.45) is 11.8 Å². The number of carbonyl (C=O) groups is 1. The lowest BCUT2D eigenvalue weighted by Gasteiger charge is -2.32. The summed E-state index contributed by atoms with van der Waals surface area (Å²) in [6.45, 7) is 4.86. The van der Waals surface area contributed by atoms with Crippen LogP contribution in [-0.4, -0.2) is 23.3 Å². The molecule has 2 heterocycles. The molecule has 2 heteroatoms. The van der Waals surface area contributed by atoms with Crippen LogP contribution >= 0.6 is 0 Å². The second-order valence-electron chi connectivity index (χ2n) is 6.53. The third-order valence-corrected chi connectivity index (χ3v) is 5.38. The van der Waals surface area contributed by atoms with E-state index < -0.39 is 0 Å². The van der Waals surface area contributed by atoms with Crippen molar-refractivity contribution < 1.29 is 4.79 Å². The van der Waals surface area contributed by atoms with Gasteiger partial charge in [0.15, 0.2) is 0 Å². The van der Waals surface area contributed by atoms with E-state index >= 15 is 0 Å². The van der Waals surface area contributed by atoms with Crippen molar-refractivity contribution in [3.05, 3.63) is 48.6 Å². The molecule has 0 unspecified atom stereocenters. The van der Waals surface area contributed by atoms with Crippen LogP contribution < -0.4 is 0 Å². The number of allylic oxidation sites excluding steroid dienone is 1. The van der Waals surface area contributed by atoms with Gasteiger partial charge in [-0.3, -0.25) is 4.90 Å². The van der Waals surface area contributed by atoms with Crippen LogP contribution in [0.3, 0.4) is 0 Å². The number of hydrogen-bond acceptors (Lipinski definition) is 2. The predicted octanol–water partition coefficient (Wildman–Crippen LogP) is 3.82. The van der Waals surface area contributed by atoms with E-state index in [1.807, 2.05) is 6.08 Å². The Hall–Kier alpha value is -1.41. The Morgan fingerprint density at radius 2 is 1.90 bits per heavy atom. The van der Waals surface area contributed by atoms with Gasteiger partial charge in [0.05, 0.1) is 0 Å². The van der Waals surface area contributed by atoms with Crippen molar-refractivity contribution in [3.8, 4) is 0 Å². The molecule has 0 amide bonds. The van der Waals surface area contributed by atoms with Gasteiger partial charge < -0.3 is 4.79 Å². The summed E-state index contributed by atoms with van der Waals surface area (Å²) in [5.74, 6) is 0.674. The van der Waals surface area contributed by atoms with Gasteiger partial charge in [0, 0.05) is 24.5 Å². The van der Waals surface area contributed by atoms with Crippen LogP contribution in [0.5, 0.6) is 0 Å². The Balaban J connectivity index is 1.81. The lowest BCUT2D eigenvalue weighted by molar-refractivity contribution is -0.114. The standard InChI is InChI=1S/C19H25NO/c1-2-6-16-9-10-17-11-12-19(18(16)14-21)20(17)13-15-7-4-3-5-8-15/h2-5,7-8,14,16-19H,1,6,9-13H2/t16-,17+,18+,19+/m1/s1. The molecule has 2 saturated heterocycles. The van der Waals surface area contributed by atoms with Crippen molar-refractivity contribution in [1.29, 1.82) is 0 Å². The molecule has 2 bridgehead atoms. The Morgan fingerprint density at radius 1 is 1.14 bits per heavy atom. The molecule has 1 aromatic rings. The van der Waals surface area contributed by atoms with E-state index in [4.69, 9.17) is 0 Å². The molecular formula is C19H25NO. The molecule has 2 nitrogen and oxygen atoms in total. The summed E-state index contributed by atoms with van der Waals surface area (Å²) in [7, 11) is 0. The van der Waals surface area contributed by atoms with Crippen LogP contribution in [0, 0.1) is 11.8 Å². The molecule has 2 fully saturated rings. The van der Waals surface area contributed by atoms with Gasteiger partial charge in [-0.1, -0.05) is 36.4 Å². The fourth-order valence-electron chi connectivity index (χ4n) is 4.33. The Labute approximate surface area is 127 Å². The van der Waals surface area contributed by atoms with Gasteiger partial charge in [-0.05, 0) is 43.6 Å². The van der Waals surface area contributed by atoms with Crippen LogP contribution in [0.25, 0.3) is 0 Å². The summed E-state index contributed by atoms with van der Waals surface area (Å²) in [5.41, 5.74) is 1.36. The second kappa shape index (κ2) is 6.57. The first-order chi connectivity index (χ1) is 10.3. The molecule has 21 heavy (non-hydrogen) atoms. The summed E-state index contributed by atoms with van der Waals surface area (Å²) in [5, 5.41) is 0. The first kappa shape index (κ1) is 14.5. The highest BCUT2D eigenvalue weighted by molar-refractivity contribution is 5.56. The quantitative estimate of drug-likeness (QED) is 0.605. The largest absolute Gasteiger partial charge is 0.303 e. The van der Waals surface area contributed by atoms with Gasteiger partial charge in [0.25, 0.3) is 0 Å². The molecule has 1 aromatic carbocycles. The maximum absolute atomic E-state index is 11.7. The highest BCUT2D eigenvalue weighted by Gasteiger charge is 2.43. The Kier molecular flexibility index (Phi) is 4.54. The molecule has 0 N–H and O–H groups in total. The van der Waals surface area contributed by atoms with Crippen molar-refractivity contribution >= 4 is 6.29 Å². The normalized spacial score (nSPS) is 32.6. The molecule has 2 aliphatic rings. The van der Waals surface area contributed by atoms with Crippen molar-refractivity contribution in [2.75, 3.05) is 0 Å². The first-order valence-corrected chi connectivity index (χ1v) is 8.19. The number of benzene rings is 1. The fraction of sp³-hybridized carbons (Fsp3) is 0.526. The number of nitrogens with zero attached hydrogens (tertiary/aromatic N) is 1. The molecule has 0 radical (unpaired) electrons. The lowest BCUT2D eigenvalue weighted by Crippen LogP contribution is -2.40. The summed E-state index contributed by atoms with van der Waals surface area (Å²) in [6.07, 6.45) is 9.02. The van der Waals surface area contributed by atoms with E-state index in [1.54, 1.807) is 0 Å². The topological polar surface area (TPSA) is 20.3 Å². The molecular weight excluding hydrogens is 258 g/mol. The third kappa shape index (κ3) is 2.96. The molecule has 4 atom stereocenters. The molecule has 112 valence electrons. The molecule has 0 spiro atoms.